The van der Waals surface area contributed by atoms with Crippen LogP contribution in [0.2, 0.25) is 0 Å². The molecule has 3 aromatic rings. The molecule has 0 aliphatic rings. The monoisotopic (exact) mass is 417 g/mol. The Kier molecular flexibility index (Phi) is 5.48. The quantitative estimate of drug-likeness (QED) is 0.464. The van der Waals surface area contributed by atoms with Crippen molar-refractivity contribution in [3.05, 3.63) is 69.2 Å². The van der Waals surface area contributed by atoms with Crippen molar-refractivity contribution in [3.63, 3.8) is 0 Å². The summed E-state index contributed by atoms with van der Waals surface area (Å²) in [6.45, 7) is 3.87. The first-order chi connectivity index (χ1) is 13.2. The van der Waals surface area contributed by atoms with Gasteiger partial charge in [-0.15, -0.1) is 11.3 Å². The van der Waals surface area contributed by atoms with Gasteiger partial charge in [-0.1, -0.05) is 30.3 Å². The van der Waals surface area contributed by atoms with E-state index in [0.717, 1.165) is 27.4 Å². The molecule has 146 valence electrons. The van der Waals surface area contributed by atoms with Crippen LogP contribution in [-0.2, 0) is 9.84 Å². The maximum atomic E-state index is 11.9. The van der Waals surface area contributed by atoms with Crippen LogP contribution in [0.5, 0.6) is 0 Å². The van der Waals surface area contributed by atoms with Crippen molar-refractivity contribution in [2.45, 2.75) is 24.8 Å². The smallest absolute Gasteiger partial charge is 0.288 e. The number of rotatable bonds is 6. The molecule has 0 spiro atoms. The van der Waals surface area contributed by atoms with Crippen molar-refractivity contribution in [1.82, 2.24) is 4.98 Å². The van der Waals surface area contributed by atoms with Crippen LogP contribution >= 0.6 is 11.3 Å². The Morgan fingerprint density at radius 2 is 1.86 bits per heavy atom. The third-order valence-corrected chi connectivity index (χ3v) is 6.70. The Morgan fingerprint density at radius 1 is 1.18 bits per heavy atom. The second kappa shape index (κ2) is 7.69. The SMILES string of the molecule is Cc1nc(-c2ccccc2)sc1C(C)Nc1ccc([N+](=O)[O-])c(S(C)(=O)=O)c1. The minimum atomic E-state index is -3.73. The summed E-state index contributed by atoms with van der Waals surface area (Å²) in [6, 6.07) is 13.7. The maximum absolute atomic E-state index is 11.9. The van der Waals surface area contributed by atoms with Crippen molar-refractivity contribution in [3.8, 4) is 10.6 Å². The molecule has 0 radical (unpaired) electrons. The van der Waals surface area contributed by atoms with Gasteiger partial charge >= 0.3 is 0 Å². The highest BCUT2D eigenvalue weighted by Crippen LogP contribution is 2.34. The molecule has 0 saturated carbocycles. The van der Waals surface area contributed by atoms with Gasteiger partial charge in [-0.05, 0) is 26.0 Å². The minimum absolute atomic E-state index is 0.149. The van der Waals surface area contributed by atoms with E-state index in [9.17, 15) is 18.5 Å². The summed E-state index contributed by atoms with van der Waals surface area (Å²) in [4.78, 5) is 15.8. The number of benzene rings is 2. The number of hydrogen-bond acceptors (Lipinski definition) is 7. The molecule has 0 fully saturated rings. The van der Waals surface area contributed by atoms with Gasteiger partial charge in [-0.25, -0.2) is 13.4 Å². The van der Waals surface area contributed by atoms with Crippen LogP contribution in [0.1, 0.15) is 23.5 Å². The van der Waals surface area contributed by atoms with Crippen molar-refractivity contribution < 1.29 is 13.3 Å². The average molecular weight is 418 g/mol. The van der Waals surface area contributed by atoms with Gasteiger partial charge in [0.05, 0.1) is 16.7 Å². The fraction of sp³-hybridized carbons (Fsp3) is 0.211. The molecule has 0 bridgehead atoms. The first-order valence-electron chi connectivity index (χ1n) is 8.44. The second-order valence-corrected chi connectivity index (χ2v) is 9.43. The number of hydrogen-bond donors (Lipinski definition) is 1. The van der Waals surface area contributed by atoms with Gasteiger partial charge in [0.1, 0.15) is 9.90 Å². The van der Waals surface area contributed by atoms with Gasteiger partial charge in [-0.2, -0.15) is 0 Å². The van der Waals surface area contributed by atoms with E-state index in [4.69, 9.17) is 0 Å². The maximum Gasteiger partial charge on any atom is 0.288 e. The van der Waals surface area contributed by atoms with Crippen molar-refractivity contribution in [1.29, 1.82) is 0 Å². The number of aromatic nitrogens is 1. The van der Waals surface area contributed by atoms with E-state index in [2.05, 4.69) is 10.3 Å². The summed E-state index contributed by atoms with van der Waals surface area (Å²) in [5.41, 5.74) is 1.98. The standard InChI is InChI=1S/C19H19N3O4S2/c1-12(18-13(2)21-19(27-18)14-7-5-4-6-8-14)20-15-9-10-16(22(23)24)17(11-15)28(3,25)26/h4-12,20H,1-3H3. The largest absolute Gasteiger partial charge is 0.378 e. The Bertz CT molecular complexity index is 1130. The van der Waals surface area contributed by atoms with Crippen LogP contribution in [-0.4, -0.2) is 24.6 Å². The summed E-state index contributed by atoms with van der Waals surface area (Å²) in [7, 11) is -3.73. The first kappa shape index (κ1) is 20.0. The number of nitrogens with zero attached hydrogens (tertiary/aromatic N) is 2. The first-order valence-corrected chi connectivity index (χ1v) is 11.2. The van der Waals surface area contributed by atoms with Gasteiger partial charge < -0.3 is 5.32 Å². The van der Waals surface area contributed by atoms with E-state index in [-0.39, 0.29) is 10.9 Å². The highest BCUT2D eigenvalue weighted by Gasteiger charge is 2.23. The Labute approximate surface area is 167 Å². The molecule has 1 unspecified atom stereocenters. The van der Waals surface area contributed by atoms with Crippen LogP contribution in [0.4, 0.5) is 11.4 Å². The molecule has 1 aromatic heterocycles. The molecule has 3 rings (SSSR count). The number of nitro benzene ring substituents is 1. The van der Waals surface area contributed by atoms with E-state index in [1.165, 1.54) is 18.2 Å². The lowest BCUT2D eigenvalue weighted by atomic mass is 10.2. The minimum Gasteiger partial charge on any atom is -0.378 e. The van der Waals surface area contributed by atoms with Gasteiger partial charge in [0.15, 0.2) is 9.84 Å². The molecule has 1 atom stereocenters. The average Bonchev–Trinajstić information content (AvgIpc) is 3.03. The topological polar surface area (TPSA) is 102 Å². The van der Waals surface area contributed by atoms with Gasteiger partial charge in [0.2, 0.25) is 0 Å². The van der Waals surface area contributed by atoms with E-state index in [0.29, 0.717) is 5.69 Å². The molecular weight excluding hydrogens is 398 g/mol. The molecule has 7 nitrogen and oxygen atoms in total. The molecule has 0 amide bonds. The molecule has 1 heterocycles. The number of nitro groups is 1. The van der Waals surface area contributed by atoms with Gasteiger partial charge in [-0.3, -0.25) is 10.1 Å². The van der Waals surface area contributed by atoms with E-state index in [1.807, 2.05) is 44.2 Å². The molecule has 0 saturated heterocycles. The number of thiazole rings is 1. The Balaban J connectivity index is 1.91. The van der Waals surface area contributed by atoms with Crippen LogP contribution in [0.3, 0.4) is 0 Å². The molecule has 1 N–H and O–H groups in total. The van der Waals surface area contributed by atoms with E-state index in [1.54, 1.807) is 11.3 Å². The van der Waals surface area contributed by atoms with Crippen molar-refractivity contribution >= 4 is 32.5 Å². The zero-order valence-electron chi connectivity index (χ0n) is 15.5. The molecule has 28 heavy (non-hydrogen) atoms. The molecule has 0 aliphatic heterocycles. The lowest BCUT2D eigenvalue weighted by Gasteiger charge is -2.15. The normalized spacial score (nSPS) is 12.5. The number of aryl methyl sites for hydroxylation is 1. The number of sulfone groups is 1. The van der Waals surface area contributed by atoms with Gasteiger partial charge in [0.25, 0.3) is 5.69 Å². The Hall–Kier alpha value is -2.78. The molecule has 2 aromatic carbocycles. The van der Waals surface area contributed by atoms with E-state index >= 15 is 0 Å². The Morgan fingerprint density at radius 3 is 2.46 bits per heavy atom. The van der Waals surface area contributed by atoms with Crippen LogP contribution in [0, 0.1) is 17.0 Å². The van der Waals surface area contributed by atoms with Crippen LogP contribution in [0.25, 0.3) is 10.6 Å². The number of nitrogens with one attached hydrogen (secondary N) is 1. The predicted octanol–water partition coefficient (Wildman–Crippen LogP) is 4.60. The van der Waals surface area contributed by atoms with Crippen molar-refractivity contribution in [2.75, 3.05) is 11.6 Å². The van der Waals surface area contributed by atoms with Gasteiger partial charge in [0, 0.05) is 28.5 Å². The third kappa shape index (κ3) is 4.20. The summed E-state index contributed by atoms with van der Waals surface area (Å²) in [5.74, 6) is 0. The highest BCUT2D eigenvalue weighted by molar-refractivity contribution is 7.90. The third-order valence-electron chi connectivity index (χ3n) is 4.19. The predicted molar refractivity (Wildman–Crippen MR) is 111 cm³/mol. The van der Waals surface area contributed by atoms with Crippen LogP contribution in [0.15, 0.2) is 53.4 Å². The molecular formula is C19H19N3O4S2. The zero-order chi connectivity index (χ0) is 20.5. The highest BCUT2D eigenvalue weighted by atomic mass is 32.2. The molecule has 9 heteroatoms. The summed E-state index contributed by atoms with van der Waals surface area (Å²) in [5, 5.41) is 15.3. The summed E-state index contributed by atoms with van der Waals surface area (Å²) in [6.07, 6.45) is 0.960. The lowest BCUT2D eigenvalue weighted by Crippen LogP contribution is -2.08. The lowest BCUT2D eigenvalue weighted by molar-refractivity contribution is -0.387. The molecule has 0 aliphatic carbocycles. The fourth-order valence-electron chi connectivity index (χ4n) is 2.88. The zero-order valence-corrected chi connectivity index (χ0v) is 17.2. The van der Waals surface area contributed by atoms with Crippen molar-refractivity contribution in [2.24, 2.45) is 0 Å². The second-order valence-electron chi connectivity index (χ2n) is 6.41. The van der Waals surface area contributed by atoms with Crippen LogP contribution < -0.4 is 5.32 Å². The fourth-order valence-corrected chi connectivity index (χ4v) is 4.82. The van der Waals surface area contributed by atoms with E-state index < -0.39 is 20.4 Å². The number of anilines is 1. The summed E-state index contributed by atoms with van der Waals surface area (Å²) < 4.78 is 23.9. The summed E-state index contributed by atoms with van der Waals surface area (Å²) >= 11 is 1.56.